The first-order chi connectivity index (χ1) is 15.1. The summed E-state index contributed by atoms with van der Waals surface area (Å²) in [6.45, 7) is 7.81. The van der Waals surface area contributed by atoms with Gasteiger partial charge in [0, 0.05) is 29.5 Å². The van der Waals surface area contributed by atoms with Crippen molar-refractivity contribution in [3.8, 4) is 0 Å². The summed E-state index contributed by atoms with van der Waals surface area (Å²) in [6, 6.07) is 10.2. The summed E-state index contributed by atoms with van der Waals surface area (Å²) in [5.41, 5.74) is 1.08. The number of carbonyl (C=O) groups excluding carboxylic acids is 2. The number of Topliss-reactive ketones (excluding diaryl/α,β-unsaturated/α-hetero) is 1. The summed E-state index contributed by atoms with van der Waals surface area (Å²) in [5, 5.41) is 0.899. The number of fused-ring (bicyclic) bond motifs is 3. The summed E-state index contributed by atoms with van der Waals surface area (Å²) in [5.74, 6) is 2.25. The summed E-state index contributed by atoms with van der Waals surface area (Å²) in [6.07, 6.45) is 7.35. The van der Waals surface area contributed by atoms with E-state index in [0.29, 0.717) is 22.7 Å². The lowest BCUT2D eigenvalue weighted by molar-refractivity contribution is -0.128. The Kier molecular flexibility index (Phi) is 7.53. The number of amides is 1. The van der Waals surface area contributed by atoms with Crippen LogP contribution in [0.3, 0.4) is 0 Å². The molecule has 31 heavy (non-hydrogen) atoms. The molecule has 3 nitrogen and oxygen atoms in total. The van der Waals surface area contributed by atoms with Crippen LogP contribution in [0.2, 0.25) is 0 Å². The number of ketones is 1. The fourth-order valence-electron chi connectivity index (χ4n) is 5.73. The van der Waals surface area contributed by atoms with Crippen LogP contribution < -0.4 is 0 Å². The van der Waals surface area contributed by atoms with Gasteiger partial charge in [0.1, 0.15) is 5.78 Å². The van der Waals surface area contributed by atoms with Gasteiger partial charge in [0.15, 0.2) is 0 Å². The number of benzene rings is 1. The van der Waals surface area contributed by atoms with Crippen molar-refractivity contribution in [1.82, 2.24) is 4.90 Å². The molecule has 5 heteroatoms. The fraction of sp³-hybridized carbons (Fsp3) is 0.615. The Morgan fingerprint density at radius 2 is 1.87 bits per heavy atom. The van der Waals surface area contributed by atoms with Crippen molar-refractivity contribution in [2.24, 2.45) is 17.8 Å². The highest BCUT2D eigenvalue weighted by molar-refractivity contribution is 8.04. The third kappa shape index (κ3) is 4.64. The predicted octanol–water partition coefficient (Wildman–Crippen LogP) is 5.76. The van der Waals surface area contributed by atoms with Gasteiger partial charge in [0.25, 0.3) is 0 Å². The molecule has 2 aliphatic carbocycles. The zero-order valence-corrected chi connectivity index (χ0v) is 20.6. The monoisotopic (exact) mass is 457 g/mol. The molecule has 1 saturated heterocycles. The van der Waals surface area contributed by atoms with Crippen molar-refractivity contribution < 1.29 is 9.59 Å². The summed E-state index contributed by atoms with van der Waals surface area (Å²) in [7, 11) is 0. The van der Waals surface area contributed by atoms with Crippen LogP contribution in [0.5, 0.6) is 0 Å². The molecule has 0 bridgehead atoms. The molecule has 4 rings (SSSR count). The Labute approximate surface area is 195 Å². The van der Waals surface area contributed by atoms with Crippen LogP contribution in [0.15, 0.2) is 41.3 Å². The Balaban J connectivity index is 1.60. The highest BCUT2D eigenvalue weighted by atomic mass is 32.2. The van der Waals surface area contributed by atoms with Crippen LogP contribution in [0.25, 0.3) is 0 Å². The van der Waals surface area contributed by atoms with Gasteiger partial charge >= 0.3 is 0 Å². The van der Waals surface area contributed by atoms with Gasteiger partial charge in [0.2, 0.25) is 5.91 Å². The molecule has 1 aromatic carbocycles. The standard InChI is InChI=1S/C26H35NO2S2/c1-4-17-12-13-19-20(14-17)31-22-15-21(30-16-23(28)27(5-2)6-3)24(26(29)25(19)22)18-10-8-7-9-11-18/h7-11,15,17,19-20,22,24-25H,4-6,12-14,16H2,1-3H3/t17-,19-,20+,22-,24+,25+/m1/s1. The van der Waals surface area contributed by atoms with Gasteiger partial charge in [-0.25, -0.2) is 0 Å². The number of thioether (sulfide) groups is 2. The van der Waals surface area contributed by atoms with Gasteiger partial charge in [0.05, 0.1) is 11.7 Å². The predicted molar refractivity (Wildman–Crippen MR) is 132 cm³/mol. The maximum Gasteiger partial charge on any atom is 0.232 e. The second kappa shape index (κ2) is 10.2. The third-order valence-electron chi connectivity index (χ3n) is 7.51. The molecule has 2 fully saturated rings. The van der Waals surface area contributed by atoms with E-state index in [1.807, 2.05) is 48.7 Å². The first-order valence-corrected chi connectivity index (χ1v) is 13.9. The van der Waals surface area contributed by atoms with E-state index < -0.39 is 0 Å². The van der Waals surface area contributed by atoms with E-state index in [0.717, 1.165) is 29.5 Å². The third-order valence-corrected chi connectivity index (χ3v) is 10.2. The molecule has 1 aliphatic heterocycles. The molecule has 0 spiro atoms. The van der Waals surface area contributed by atoms with Crippen molar-refractivity contribution >= 4 is 35.2 Å². The Hall–Kier alpha value is -1.20. The van der Waals surface area contributed by atoms with Gasteiger partial charge < -0.3 is 4.90 Å². The number of hydrogen-bond donors (Lipinski definition) is 0. The minimum Gasteiger partial charge on any atom is -0.343 e. The van der Waals surface area contributed by atoms with Gasteiger partial charge in [-0.15, -0.1) is 23.5 Å². The molecule has 6 atom stereocenters. The molecule has 0 N–H and O–H groups in total. The molecule has 1 heterocycles. The van der Waals surface area contributed by atoms with Crippen molar-refractivity contribution in [2.75, 3.05) is 18.8 Å². The molecule has 0 unspecified atom stereocenters. The van der Waals surface area contributed by atoms with E-state index in [-0.39, 0.29) is 23.0 Å². The van der Waals surface area contributed by atoms with E-state index in [1.54, 1.807) is 11.8 Å². The van der Waals surface area contributed by atoms with Crippen LogP contribution in [0, 0.1) is 17.8 Å². The average molecular weight is 458 g/mol. The second-order valence-corrected chi connectivity index (χ2v) is 11.6. The van der Waals surface area contributed by atoms with E-state index in [1.165, 1.54) is 25.7 Å². The Morgan fingerprint density at radius 1 is 1.13 bits per heavy atom. The van der Waals surface area contributed by atoms with Gasteiger partial charge in [-0.1, -0.05) is 56.2 Å². The fourth-order valence-corrected chi connectivity index (χ4v) is 8.97. The zero-order valence-electron chi connectivity index (χ0n) is 19.0. The van der Waals surface area contributed by atoms with Crippen LogP contribution in [0.1, 0.15) is 57.9 Å². The van der Waals surface area contributed by atoms with Gasteiger partial charge in [-0.2, -0.15) is 0 Å². The van der Waals surface area contributed by atoms with E-state index in [9.17, 15) is 9.59 Å². The molecule has 1 amide bonds. The Bertz CT molecular complexity index is 820. The molecule has 3 aliphatic rings. The van der Waals surface area contributed by atoms with Crippen molar-refractivity contribution in [1.29, 1.82) is 0 Å². The van der Waals surface area contributed by atoms with E-state index in [4.69, 9.17) is 0 Å². The Morgan fingerprint density at radius 3 is 2.55 bits per heavy atom. The smallest absolute Gasteiger partial charge is 0.232 e. The first-order valence-electron chi connectivity index (χ1n) is 11.9. The molecule has 1 aromatic rings. The minimum atomic E-state index is -0.208. The molecular weight excluding hydrogens is 422 g/mol. The topological polar surface area (TPSA) is 37.4 Å². The quantitative estimate of drug-likeness (QED) is 0.521. The maximum absolute atomic E-state index is 14.0. The largest absolute Gasteiger partial charge is 0.343 e. The molecular formula is C26H35NO2S2. The van der Waals surface area contributed by atoms with Gasteiger partial charge in [-0.3, -0.25) is 9.59 Å². The number of rotatable bonds is 7. The van der Waals surface area contributed by atoms with Crippen molar-refractivity contribution in [3.63, 3.8) is 0 Å². The number of carbonyl (C=O) groups is 2. The van der Waals surface area contributed by atoms with Crippen LogP contribution in [-0.2, 0) is 9.59 Å². The van der Waals surface area contributed by atoms with Crippen LogP contribution in [0.4, 0.5) is 0 Å². The first kappa shape index (κ1) is 23.0. The SMILES string of the molecule is CC[C@@H]1CC[C@H]2[C@@H]3C(=O)[C@@H](c4ccccc4)C(SCC(=O)N(CC)CC)=C[C@H]3S[C@H]2C1. The lowest BCUT2D eigenvalue weighted by atomic mass is 9.68. The maximum atomic E-state index is 14.0. The number of allylic oxidation sites excluding steroid dienone is 1. The van der Waals surface area contributed by atoms with Crippen LogP contribution >= 0.6 is 23.5 Å². The molecule has 1 saturated carbocycles. The van der Waals surface area contributed by atoms with Crippen molar-refractivity contribution in [3.05, 3.63) is 46.9 Å². The molecule has 0 aromatic heterocycles. The van der Waals surface area contributed by atoms with Crippen LogP contribution in [-0.4, -0.2) is 45.9 Å². The highest BCUT2D eigenvalue weighted by Crippen LogP contribution is 2.57. The van der Waals surface area contributed by atoms with E-state index in [2.05, 4.69) is 25.1 Å². The zero-order chi connectivity index (χ0) is 22.0. The normalized spacial score (nSPS) is 32.2. The highest BCUT2D eigenvalue weighted by Gasteiger charge is 2.52. The number of hydrogen-bond acceptors (Lipinski definition) is 4. The van der Waals surface area contributed by atoms with Crippen molar-refractivity contribution in [2.45, 2.75) is 62.9 Å². The second-order valence-electron chi connectivity index (χ2n) is 9.09. The molecule has 168 valence electrons. The lowest BCUT2D eigenvalue weighted by Gasteiger charge is -2.36. The minimum absolute atomic E-state index is 0.140. The van der Waals surface area contributed by atoms with E-state index >= 15 is 0 Å². The van der Waals surface area contributed by atoms with Gasteiger partial charge in [-0.05, 0) is 49.0 Å². The average Bonchev–Trinajstić information content (AvgIpc) is 3.16. The summed E-state index contributed by atoms with van der Waals surface area (Å²) in [4.78, 5) is 29.6. The molecule has 0 radical (unpaired) electrons. The summed E-state index contributed by atoms with van der Waals surface area (Å²) >= 11 is 3.64. The summed E-state index contributed by atoms with van der Waals surface area (Å²) < 4.78 is 0. The lowest BCUT2D eigenvalue weighted by Crippen LogP contribution is -2.38. The number of nitrogens with zero attached hydrogens (tertiary/aromatic N) is 1.